The second-order valence-corrected chi connectivity index (χ2v) is 10.4. The molecule has 3 aromatic heterocycles. The fraction of sp³-hybridized carbons (Fsp3) is 0.524. The number of nitrogens with one attached hydrogen (secondary N) is 1. The van der Waals surface area contributed by atoms with Crippen molar-refractivity contribution in [2.75, 3.05) is 5.43 Å². The maximum Gasteiger partial charge on any atom is 0.290 e. The van der Waals surface area contributed by atoms with Crippen molar-refractivity contribution in [1.29, 1.82) is 0 Å². The number of hydrogen-bond acceptors (Lipinski definition) is 5. The molecule has 0 aliphatic heterocycles. The van der Waals surface area contributed by atoms with Crippen LogP contribution in [-0.2, 0) is 19.4 Å². The quantitative estimate of drug-likeness (QED) is 0.653. The van der Waals surface area contributed by atoms with Crippen LogP contribution in [0, 0.1) is 18.3 Å². The van der Waals surface area contributed by atoms with Gasteiger partial charge in [-0.05, 0) is 50.0 Å². The Labute approximate surface area is 184 Å². The summed E-state index contributed by atoms with van der Waals surface area (Å²) in [6.07, 6.45) is 4.31. The van der Waals surface area contributed by atoms with Crippen molar-refractivity contribution in [1.82, 2.24) is 19.4 Å². The van der Waals surface area contributed by atoms with Crippen molar-refractivity contribution in [3.63, 3.8) is 0 Å². The number of fused-ring (bicyclic) bond motifs is 3. The van der Waals surface area contributed by atoms with E-state index in [0.29, 0.717) is 23.7 Å². The lowest BCUT2D eigenvalue weighted by atomic mass is 9.72. The van der Waals surface area contributed by atoms with Crippen LogP contribution in [0.15, 0.2) is 11.0 Å². The summed E-state index contributed by atoms with van der Waals surface area (Å²) < 4.78 is 2.74. The van der Waals surface area contributed by atoms with E-state index in [4.69, 9.17) is 11.6 Å². The average molecular weight is 448 g/mol. The largest absolute Gasteiger partial charge is 0.290 e. The van der Waals surface area contributed by atoms with E-state index in [1.807, 2.05) is 6.92 Å². The molecule has 1 aliphatic rings. The molecule has 4 rings (SSSR count). The molecule has 0 aromatic carbocycles. The first-order chi connectivity index (χ1) is 14.1. The van der Waals surface area contributed by atoms with Gasteiger partial charge in [-0.2, -0.15) is 5.10 Å². The van der Waals surface area contributed by atoms with E-state index >= 15 is 0 Å². The highest BCUT2D eigenvalue weighted by Gasteiger charge is 2.32. The fourth-order valence-electron chi connectivity index (χ4n) is 4.18. The normalized spacial score (nSPS) is 16.7. The summed E-state index contributed by atoms with van der Waals surface area (Å²) >= 11 is 7.75. The molecule has 1 N–H and O–H groups in total. The molecule has 9 heteroatoms. The Kier molecular flexibility index (Phi) is 5.26. The van der Waals surface area contributed by atoms with Gasteiger partial charge in [0.15, 0.2) is 0 Å². The first-order valence-corrected chi connectivity index (χ1v) is 11.4. The van der Waals surface area contributed by atoms with Crippen molar-refractivity contribution in [3.8, 4) is 0 Å². The van der Waals surface area contributed by atoms with E-state index in [1.54, 1.807) is 18.3 Å². The van der Waals surface area contributed by atoms with Gasteiger partial charge in [-0.1, -0.05) is 32.4 Å². The SMILES string of the molecule is CCn1ncc(Cl)c1C(=O)Nn1c(C)nc2sc3c(c2c1=O)CC[C@@H](C(C)(C)C)C3. The van der Waals surface area contributed by atoms with Crippen LogP contribution in [0.2, 0.25) is 5.02 Å². The van der Waals surface area contributed by atoms with E-state index in [0.717, 1.165) is 29.7 Å². The van der Waals surface area contributed by atoms with Crippen LogP contribution >= 0.6 is 22.9 Å². The average Bonchev–Trinajstić information content (AvgIpc) is 3.23. The van der Waals surface area contributed by atoms with Crippen LogP contribution in [0.1, 0.15) is 60.9 Å². The smallest absolute Gasteiger partial charge is 0.267 e. The molecule has 3 aromatic rings. The molecule has 0 radical (unpaired) electrons. The molecule has 0 saturated carbocycles. The topological polar surface area (TPSA) is 81.8 Å². The Morgan fingerprint density at radius 1 is 1.40 bits per heavy atom. The highest BCUT2D eigenvalue weighted by atomic mass is 35.5. The Bertz CT molecular complexity index is 1200. The number of thiophene rings is 1. The van der Waals surface area contributed by atoms with E-state index in [2.05, 4.69) is 36.3 Å². The highest BCUT2D eigenvalue weighted by Crippen LogP contribution is 2.42. The molecule has 160 valence electrons. The zero-order valence-electron chi connectivity index (χ0n) is 17.9. The van der Waals surface area contributed by atoms with E-state index in [9.17, 15) is 9.59 Å². The van der Waals surface area contributed by atoms with Gasteiger partial charge < -0.3 is 0 Å². The molecule has 0 unspecified atom stereocenters. The van der Waals surface area contributed by atoms with Gasteiger partial charge >= 0.3 is 0 Å². The lowest BCUT2D eigenvalue weighted by molar-refractivity contribution is 0.0996. The molecule has 1 amide bonds. The summed E-state index contributed by atoms with van der Waals surface area (Å²) in [7, 11) is 0. The van der Waals surface area contributed by atoms with Gasteiger partial charge in [0.25, 0.3) is 11.5 Å². The summed E-state index contributed by atoms with van der Waals surface area (Å²) in [6, 6.07) is 0. The number of rotatable bonds is 3. The Hall–Kier alpha value is -2.19. The minimum absolute atomic E-state index is 0.228. The van der Waals surface area contributed by atoms with Crippen LogP contribution in [0.25, 0.3) is 10.2 Å². The van der Waals surface area contributed by atoms with E-state index in [-0.39, 0.29) is 21.7 Å². The lowest BCUT2D eigenvalue weighted by Crippen LogP contribution is -2.36. The predicted octanol–water partition coefficient (Wildman–Crippen LogP) is 4.17. The zero-order chi connectivity index (χ0) is 21.8. The van der Waals surface area contributed by atoms with Crippen molar-refractivity contribution < 1.29 is 4.79 Å². The van der Waals surface area contributed by atoms with Crippen LogP contribution in [-0.4, -0.2) is 25.3 Å². The van der Waals surface area contributed by atoms with E-state index in [1.165, 1.54) is 20.4 Å². The lowest BCUT2D eigenvalue weighted by Gasteiger charge is -2.33. The molecule has 3 heterocycles. The maximum absolute atomic E-state index is 13.4. The monoisotopic (exact) mass is 447 g/mol. The zero-order valence-corrected chi connectivity index (χ0v) is 19.4. The van der Waals surface area contributed by atoms with Crippen molar-refractivity contribution in [2.45, 2.75) is 60.4 Å². The standard InChI is InChI=1S/C21H26ClN5O2S/c1-6-26-17(14(22)10-23-26)18(28)25-27-11(2)24-19-16(20(27)29)13-8-7-12(21(3,4)5)9-15(13)30-19/h10,12H,6-9H2,1-5H3,(H,25,28)/t12-/m1/s1. The summed E-state index contributed by atoms with van der Waals surface area (Å²) in [5.41, 5.74) is 3.99. The van der Waals surface area contributed by atoms with Crippen LogP contribution in [0.4, 0.5) is 0 Å². The Balaban J connectivity index is 1.75. The Morgan fingerprint density at radius 3 is 2.80 bits per heavy atom. The third-order valence-electron chi connectivity index (χ3n) is 6.00. The van der Waals surface area contributed by atoms with E-state index < -0.39 is 5.91 Å². The van der Waals surface area contributed by atoms with Gasteiger partial charge in [0, 0.05) is 11.4 Å². The van der Waals surface area contributed by atoms with Crippen molar-refractivity contribution in [3.05, 3.63) is 43.5 Å². The van der Waals surface area contributed by atoms with Gasteiger partial charge in [0.2, 0.25) is 0 Å². The molecule has 7 nitrogen and oxygen atoms in total. The fourth-order valence-corrected chi connectivity index (χ4v) is 5.74. The molecular formula is C21H26ClN5O2S. The highest BCUT2D eigenvalue weighted by molar-refractivity contribution is 7.18. The second-order valence-electron chi connectivity index (χ2n) is 8.89. The first kappa shape index (κ1) is 21.1. The van der Waals surface area contributed by atoms with Crippen LogP contribution in [0.3, 0.4) is 0 Å². The van der Waals surface area contributed by atoms with Gasteiger partial charge in [0.05, 0.1) is 16.6 Å². The number of aryl methyl sites for hydroxylation is 3. The number of nitrogens with zero attached hydrogens (tertiary/aromatic N) is 4. The number of aromatic nitrogens is 4. The summed E-state index contributed by atoms with van der Waals surface area (Å²) in [6.45, 7) is 10.9. The molecule has 1 atom stereocenters. The third-order valence-corrected chi connectivity index (χ3v) is 7.42. The van der Waals surface area contributed by atoms with Gasteiger partial charge in [-0.3, -0.25) is 19.7 Å². The predicted molar refractivity (Wildman–Crippen MR) is 120 cm³/mol. The number of carbonyl (C=O) groups excluding carboxylic acids is 1. The summed E-state index contributed by atoms with van der Waals surface area (Å²) in [5, 5.41) is 4.96. The molecule has 0 fully saturated rings. The molecule has 1 aliphatic carbocycles. The number of hydrogen-bond donors (Lipinski definition) is 1. The van der Waals surface area contributed by atoms with Crippen molar-refractivity contribution in [2.24, 2.45) is 11.3 Å². The Morgan fingerprint density at radius 2 is 2.13 bits per heavy atom. The molecule has 0 saturated heterocycles. The molecule has 0 bridgehead atoms. The molecule has 30 heavy (non-hydrogen) atoms. The van der Waals surface area contributed by atoms with Crippen LogP contribution < -0.4 is 11.0 Å². The minimum Gasteiger partial charge on any atom is -0.267 e. The minimum atomic E-state index is -0.484. The van der Waals surface area contributed by atoms with Gasteiger partial charge in [0.1, 0.15) is 16.3 Å². The summed E-state index contributed by atoms with van der Waals surface area (Å²) in [4.78, 5) is 32.9. The third kappa shape index (κ3) is 3.46. The molecule has 0 spiro atoms. The number of amides is 1. The van der Waals surface area contributed by atoms with Gasteiger partial charge in [-0.25, -0.2) is 9.66 Å². The van der Waals surface area contributed by atoms with Crippen LogP contribution in [0.5, 0.6) is 0 Å². The second kappa shape index (κ2) is 7.50. The van der Waals surface area contributed by atoms with Gasteiger partial charge in [-0.15, -0.1) is 11.3 Å². The summed E-state index contributed by atoms with van der Waals surface area (Å²) in [5.74, 6) is 0.533. The maximum atomic E-state index is 13.4. The number of halogens is 1. The number of carbonyl (C=O) groups is 1. The molecular weight excluding hydrogens is 422 g/mol. The first-order valence-electron chi connectivity index (χ1n) is 10.2. The van der Waals surface area contributed by atoms with Crippen molar-refractivity contribution >= 4 is 39.1 Å².